The van der Waals surface area contributed by atoms with Crippen molar-refractivity contribution in [2.45, 2.75) is 18.3 Å². The predicted octanol–water partition coefficient (Wildman–Crippen LogP) is 5.34. The molecule has 1 aromatic heterocycles. The largest absolute Gasteiger partial charge is 0.506 e. The summed E-state index contributed by atoms with van der Waals surface area (Å²) in [5.41, 5.74) is 9.12. The summed E-state index contributed by atoms with van der Waals surface area (Å²) in [5, 5.41) is 11.9. The van der Waals surface area contributed by atoms with Gasteiger partial charge in [0.1, 0.15) is 5.75 Å². The van der Waals surface area contributed by atoms with Gasteiger partial charge < -0.3 is 9.67 Å². The Kier molecular flexibility index (Phi) is 2.62. The van der Waals surface area contributed by atoms with Gasteiger partial charge in [-0.1, -0.05) is 48.5 Å². The number of aromatic hydroxyl groups is 1. The number of hydrogen-bond acceptors (Lipinski definition) is 1. The van der Waals surface area contributed by atoms with Crippen LogP contribution < -0.4 is 0 Å². The van der Waals surface area contributed by atoms with Gasteiger partial charge in [0.2, 0.25) is 0 Å². The van der Waals surface area contributed by atoms with E-state index in [-0.39, 0.29) is 0 Å². The predicted molar refractivity (Wildman–Crippen MR) is 105 cm³/mol. The van der Waals surface area contributed by atoms with E-state index in [2.05, 4.69) is 54.6 Å². The number of rotatable bonds is 0. The highest BCUT2D eigenvalue weighted by atomic mass is 16.3. The maximum Gasteiger partial charge on any atom is 0.140 e. The van der Waals surface area contributed by atoms with E-state index >= 15 is 0 Å². The van der Waals surface area contributed by atoms with Gasteiger partial charge in [-0.2, -0.15) is 0 Å². The van der Waals surface area contributed by atoms with Crippen molar-refractivity contribution in [3.8, 4) is 16.9 Å². The highest BCUT2D eigenvalue weighted by Crippen LogP contribution is 2.57. The smallest absolute Gasteiger partial charge is 0.140 e. The van der Waals surface area contributed by atoms with Crippen LogP contribution in [0.2, 0.25) is 0 Å². The molecule has 1 N–H and O–H groups in total. The second kappa shape index (κ2) is 4.79. The molecule has 0 bridgehead atoms. The lowest BCUT2D eigenvalue weighted by atomic mass is 9.71. The van der Waals surface area contributed by atoms with Crippen LogP contribution in [0, 0.1) is 0 Å². The second-order valence-electron chi connectivity index (χ2n) is 7.62. The molecule has 26 heavy (non-hydrogen) atoms. The second-order valence-corrected chi connectivity index (χ2v) is 7.62. The standard InChI is InChI=1S/C24H19NO/c1-25-11-10-18-23-17-9-5-4-8-16(17)19-12-14-6-2-3-7-15(14)22(19)20(23)13-21(26)24(18)25/h2-11,13,19,22,26H,12H2,1H3. The number of nitrogens with zero attached hydrogens (tertiary/aromatic N) is 1. The summed E-state index contributed by atoms with van der Waals surface area (Å²) in [6.07, 6.45) is 3.12. The molecule has 126 valence electrons. The normalized spacial score (nSPS) is 19.7. The summed E-state index contributed by atoms with van der Waals surface area (Å²) < 4.78 is 2.02. The van der Waals surface area contributed by atoms with Crippen molar-refractivity contribution in [2.24, 2.45) is 7.05 Å². The molecule has 0 amide bonds. The topological polar surface area (TPSA) is 25.2 Å². The monoisotopic (exact) mass is 337 g/mol. The van der Waals surface area contributed by atoms with Gasteiger partial charge in [0, 0.05) is 24.5 Å². The number of phenols is 1. The molecule has 1 heterocycles. The Hall–Kier alpha value is -3.00. The fourth-order valence-corrected chi connectivity index (χ4v) is 5.36. The zero-order valence-electron chi connectivity index (χ0n) is 14.6. The molecule has 0 saturated heterocycles. The maximum atomic E-state index is 10.8. The van der Waals surface area contributed by atoms with Gasteiger partial charge in [0.05, 0.1) is 5.52 Å². The van der Waals surface area contributed by atoms with Crippen LogP contribution in [0.15, 0.2) is 66.9 Å². The zero-order chi connectivity index (χ0) is 17.4. The van der Waals surface area contributed by atoms with E-state index in [1.807, 2.05) is 23.9 Å². The van der Waals surface area contributed by atoms with Gasteiger partial charge in [0.15, 0.2) is 0 Å². The fraction of sp³-hybridized carbons (Fsp3) is 0.167. The summed E-state index contributed by atoms with van der Waals surface area (Å²) >= 11 is 0. The van der Waals surface area contributed by atoms with Crippen LogP contribution in [0.3, 0.4) is 0 Å². The molecule has 2 aliphatic carbocycles. The molecule has 0 radical (unpaired) electrons. The van der Waals surface area contributed by atoms with Gasteiger partial charge >= 0.3 is 0 Å². The lowest BCUT2D eigenvalue weighted by Crippen LogP contribution is -2.15. The summed E-state index contributed by atoms with van der Waals surface area (Å²) in [6.45, 7) is 0. The van der Waals surface area contributed by atoms with Crippen LogP contribution in [-0.2, 0) is 13.5 Å². The molecular weight excluding hydrogens is 318 g/mol. The Labute approximate surface area is 152 Å². The third-order valence-electron chi connectivity index (χ3n) is 6.36. The quantitative estimate of drug-likeness (QED) is 0.460. The van der Waals surface area contributed by atoms with E-state index in [0.29, 0.717) is 17.6 Å². The maximum absolute atomic E-state index is 10.8. The minimum absolute atomic E-state index is 0.326. The van der Waals surface area contributed by atoms with Crippen molar-refractivity contribution in [3.05, 3.63) is 89.1 Å². The van der Waals surface area contributed by atoms with E-state index in [4.69, 9.17) is 0 Å². The lowest BCUT2D eigenvalue weighted by molar-refractivity contribution is 0.477. The van der Waals surface area contributed by atoms with Gasteiger partial charge in [0.25, 0.3) is 0 Å². The number of aromatic nitrogens is 1. The Morgan fingerprint density at radius 3 is 2.58 bits per heavy atom. The van der Waals surface area contributed by atoms with Crippen molar-refractivity contribution < 1.29 is 5.11 Å². The summed E-state index contributed by atoms with van der Waals surface area (Å²) in [7, 11) is 2.00. The van der Waals surface area contributed by atoms with Crippen molar-refractivity contribution in [1.82, 2.24) is 4.57 Å². The van der Waals surface area contributed by atoms with Crippen LogP contribution in [0.25, 0.3) is 22.0 Å². The van der Waals surface area contributed by atoms with E-state index in [1.165, 1.54) is 33.4 Å². The molecule has 2 unspecified atom stereocenters. The number of hydrogen-bond donors (Lipinski definition) is 1. The van der Waals surface area contributed by atoms with Crippen LogP contribution >= 0.6 is 0 Å². The first-order valence-corrected chi connectivity index (χ1v) is 9.22. The number of benzene rings is 3. The Morgan fingerprint density at radius 1 is 0.923 bits per heavy atom. The molecule has 4 aromatic rings. The van der Waals surface area contributed by atoms with Gasteiger partial charge in [-0.15, -0.1) is 0 Å². The van der Waals surface area contributed by atoms with Crippen LogP contribution in [0.5, 0.6) is 5.75 Å². The zero-order valence-corrected chi connectivity index (χ0v) is 14.6. The highest BCUT2D eigenvalue weighted by molar-refractivity contribution is 6.02. The molecular formula is C24H19NO. The number of aryl methyl sites for hydroxylation is 1. The number of fused-ring (bicyclic) bond motifs is 10. The Morgan fingerprint density at radius 2 is 1.69 bits per heavy atom. The Balaban J connectivity index is 1.78. The third kappa shape index (κ3) is 1.62. The van der Waals surface area contributed by atoms with Gasteiger partial charge in [-0.25, -0.2) is 0 Å². The van der Waals surface area contributed by atoms with Crippen LogP contribution in [-0.4, -0.2) is 9.67 Å². The molecule has 2 aliphatic rings. The molecule has 0 fully saturated rings. The number of phenolic OH excluding ortho intramolecular Hbond substituents is 1. The first-order valence-electron chi connectivity index (χ1n) is 9.22. The minimum atomic E-state index is 0.326. The van der Waals surface area contributed by atoms with Crippen LogP contribution in [0.4, 0.5) is 0 Å². The summed E-state index contributed by atoms with van der Waals surface area (Å²) in [4.78, 5) is 0. The van der Waals surface area contributed by atoms with E-state index in [9.17, 15) is 5.11 Å². The summed E-state index contributed by atoms with van der Waals surface area (Å²) in [6, 6.07) is 21.8. The minimum Gasteiger partial charge on any atom is -0.506 e. The summed E-state index contributed by atoms with van der Waals surface area (Å²) in [5.74, 6) is 1.16. The molecule has 6 rings (SSSR count). The lowest BCUT2D eigenvalue weighted by Gasteiger charge is -2.32. The van der Waals surface area contributed by atoms with E-state index < -0.39 is 0 Å². The molecule has 2 atom stereocenters. The average Bonchev–Trinajstić information content (AvgIpc) is 3.23. The van der Waals surface area contributed by atoms with E-state index in [0.717, 1.165) is 17.3 Å². The molecule has 0 saturated carbocycles. The van der Waals surface area contributed by atoms with Gasteiger partial charge in [-0.05, 0) is 57.9 Å². The SMILES string of the molecule is Cn1ccc2c3c(cc(O)c21)C1c2ccccc2CC1c1ccccc1-3. The average molecular weight is 337 g/mol. The third-order valence-corrected chi connectivity index (χ3v) is 6.36. The molecule has 2 heteroatoms. The first-order chi connectivity index (χ1) is 12.7. The van der Waals surface area contributed by atoms with Gasteiger partial charge in [-0.3, -0.25) is 0 Å². The van der Waals surface area contributed by atoms with Crippen molar-refractivity contribution in [1.29, 1.82) is 0 Å². The van der Waals surface area contributed by atoms with Crippen molar-refractivity contribution in [3.63, 3.8) is 0 Å². The van der Waals surface area contributed by atoms with Crippen LogP contribution in [0.1, 0.15) is 34.1 Å². The Bertz CT molecular complexity index is 1200. The first kappa shape index (κ1) is 14.2. The molecule has 3 aromatic carbocycles. The fourth-order valence-electron chi connectivity index (χ4n) is 5.36. The van der Waals surface area contributed by atoms with Crippen molar-refractivity contribution in [2.75, 3.05) is 0 Å². The molecule has 0 aliphatic heterocycles. The highest BCUT2D eigenvalue weighted by Gasteiger charge is 2.41. The van der Waals surface area contributed by atoms with Crippen molar-refractivity contribution >= 4 is 10.9 Å². The molecule has 2 nitrogen and oxygen atoms in total. The molecule has 0 spiro atoms. The van der Waals surface area contributed by atoms with E-state index in [1.54, 1.807) is 0 Å².